The van der Waals surface area contributed by atoms with Gasteiger partial charge in [-0.1, -0.05) is 30.3 Å². The predicted octanol–water partition coefficient (Wildman–Crippen LogP) is 6.07. The minimum absolute atomic E-state index is 0.293. The lowest BCUT2D eigenvalue weighted by atomic mass is 10.0. The smallest absolute Gasteiger partial charge is 0.351 e. The number of nitrogens with zero attached hydrogens (tertiary/aromatic N) is 3. The van der Waals surface area contributed by atoms with Crippen LogP contribution < -0.4 is 10.2 Å². The van der Waals surface area contributed by atoms with Gasteiger partial charge in [0.1, 0.15) is 6.04 Å². The first-order valence-electron chi connectivity index (χ1n) is 10.3. The number of para-hydroxylation sites is 1. The van der Waals surface area contributed by atoms with Crippen LogP contribution in [0.5, 0.6) is 0 Å². The zero-order valence-electron chi connectivity index (χ0n) is 17.3. The van der Waals surface area contributed by atoms with Gasteiger partial charge in [-0.25, -0.2) is 0 Å². The third kappa shape index (κ3) is 3.98. The molecule has 33 heavy (non-hydrogen) atoms. The second kappa shape index (κ2) is 8.37. The molecule has 1 aliphatic rings. The summed E-state index contributed by atoms with van der Waals surface area (Å²) in [6, 6.07) is 23.8. The molecule has 0 saturated carbocycles. The summed E-state index contributed by atoms with van der Waals surface area (Å²) in [6.07, 6.45) is -0.939. The fourth-order valence-corrected chi connectivity index (χ4v) is 4.57. The monoisotopic (exact) mass is 464 g/mol. The van der Waals surface area contributed by atoms with Crippen molar-refractivity contribution in [1.29, 1.82) is 0 Å². The van der Waals surface area contributed by atoms with Gasteiger partial charge in [0.25, 0.3) is 0 Å². The molecule has 0 bridgehead atoms. The van der Waals surface area contributed by atoms with Crippen LogP contribution in [-0.2, 0) is 6.18 Å². The Morgan fingerprint density at radius 1 is 0.848 bits per heavy atom. The highest BCUT2D eigenvalue weighted by atomic mass is 32.1. The van der Waals surface area contributed by atoms with Gasteiger partial charge in [-0.15, -0.1) is 0 Å². The third-order valence-corrected chi connectivity index (χ3v) is 5.98. The lowest BCUT2D eigenvalue weighted by Gasteiger charge is -2.29. The molecule has 166 valence electrons. The van der Waals surface area contributed by atoms with Crippen molar-refractivity contribution in [3.63, 3.8) is 0 Å². The van der Waals surface area contributed by atoms with E-state index in [0.717, 1.165) is 29.2 Å². The zero-order chi connectivity index (χ0) is 23.0. The number of halogens is 3. The molecular weight excluding hydrogens is 445 g/mol. The van der Waals surface area contributed by atoms with Gasteiger partial charge >= 0.3 is 6.18 Å². The van der Waals surface area contributed by atoms with Crippen LogP contribution in [0.3, 0.4) is 0 Å². The van der Waals surface area contributed by atoms with Crippen molar-refractivity contribution in [3.8, 4) is 5.69 Å². The van der Waals surface area contributed by atoms with Crippen LogP contribution in [0.15, 0.2) is 97.3 Å². The number of nitrogens with one attached hydrogen (secondary N) is 1. The SMILES string of the molecule is FC(F)(F)c1cccc(-n2cccc2C2C(c3ccccn3)NC(=S)N2c2ccccc2)c1. The average Bonchev–Trinajstić information content (AvgIpc) is 3.44. The summed E-state index contributed by atoms with van der Waals surface area (Å²) in [5.41, 5.74) is 2.20. The Morgan fingerprint density at radius 3 is 2.33 bits per heavy atom. The molecule has 5 rings (SSSR count). The first-order valence-corrected chi connectivity index (χ1v) is 10.7. The minimum Gasteiger partial charge on any atom is -0.351 e. The number of rotatable bonds is 4. The normalized spacial score (nSPS) is 18.4. The maximum Gasteiger partial charge on any atom is 0.416 e. The van der Waals surface area contributed by atoms with Gasteiger partial charge in [-0.05, 0) is 66.8 Å². The van der Waals surface area contributed by atoms with Crippen LogP contribution in [0.4, 0.5) is 18.9 Å². The van der Waals surface area contributed by atoms with E-state index in [2.05, 4.69) is 10.3 Å². The average molecular weight is 465 g/mol. The second-order valence-electron chi connectivity index (χ2n) is 7.68. The van der Waals surface area contributed by atoms with Crippen LogP contribution in [0.25, 0.3) is 5.69 Å². The number of thiocarbonyl (C=S) groups is 1. The number of anilines is 1. The Bertz CT molecular complexity index is 1270. The van der Waals surface area contributed by atoms with E-state index in [1.807, 2.05) is 65.6 Å². The molecule has 2 atom stereocenters. The molecule has 0 aliphatic carbocycles. The van der Waals surface area contributed by atoms with E-state index in [4.69, 9.17) is 12.2 Å². The number of alkyl halides is 3. The van der Waals surface area contributed by atoms with Gasteiger partial charge in [-0.3, -0.25) is 4.98 Å². The molecule has 0 spiro atoms. The van der Waals surface area contributed by atoms with E-state index in [-0.39, 0.29) is 12.1 Å². The zero-order valence-corrected chi connectivity index (χ0v) is 18.1. The summed E-state index contributed by atoms with van der Waals surface area (Å²) in [6.45, 7) is 0. The Kier molecular flexibility index (Phi) is 5.38. The molecule has 2 unspecified atom stereocenters. The molecular formula is C25H19F3N4S. The Morgan fingerprint density at radius 2 is 1.61 bits per heavy atom. The highest BCUT2D eigenvalue weighted by Gasteiger charge is 2.42. The molecule has 0 amide bonds. The van der Waals surface area contributed by atoms with Crippen LogP contribution in [0.1, 0.15) is 29.0 Å². The van der Waals surface area contributed by atoms with Crippen molar-refractivity contribution >= 4 is 23.0 Å². The molecule has 2 aromatic heterocycles. The largest absolute Gasteiger partial charge is 0.416 e. The quantitative estimate of drug-likeness (QED) is 0.372. The molecule has 8 heteroatoms. The lowest BCUT2D eigenvalue weighted by Crippen LogP contribution is -2.30. The van der Waals surface area contributed by atoms with Crippen molar-refractivity contribution in [2.45, 2.75) is 18.3 Å². The molecule has 4 nitrogen and oxygen atoms in total. The second-order valence-corrected chi connectivity index (χ2v) is 8.07. The minimum atomic E-state index is -4.42. The number of benzene rings is 2. The molecule has 1 fully saturated rings. The standard InChI is InChI=1S/C25H19F3N4S/c26-25(27,28)17-8-6-11-19(16-17)31-15-7-13-21(31)23-22(20-12-4-5-14-29-20)30-24(33)32(23)18-9-2-1-3-10-18/h1-16,22-23H,(H,30,33). The van der Waals surface area contributed by atoms with E-state index in [9.17, 15) is 13.2 Å². The molecule has 1 saturated heterocycles. The van der Waals surface area contributed by atoms with Gasteiger partial charge in [0.15, 0.2) is 5.11 Å². The molecule has 3 heterocycles. The van der Waals surface area contributed by atoms with Gasteiger partial charge < -0.3 is 14.8 Å². The molecule has 1 N–H and O–H groups in total. The number of hydrogen-bond acceptors (Lipinski definition) is 2. The van der Waals surface area contributed by atoms with Crippen LogP contribution in [0.2, 0.25) is 0 Å². The highest BCUT2D eigenvalue weighted by Crippen LogP contribution is 2.42. The Labute approximate surface area is 194 Å². The topological polar surface area (TPSA) is 33.1 Å². The van der Waals surface area contributed by atoms with Crippen LogP contribution in [-0.4, -0.2) is 14.7 Å². The van der Waals surface area contributed by atoms with E-state index in [0.29, 0.717) is 10.8 Å². The Hall–Kier alpha value is -3.65. The van der Waals surface area contributed by atoms with E-state index in [1.54, 1.807) is 23.0 Å². The van der Waals surface area contributed by atoms with Gasteiger partial charge in [-0.2, -0.15) is 13.2 Å². The molecule has 4 aromatic rings. The summed E-state index contributed by atoms with van der Waals surface area (Å²) in [4.78, 5) is 6.52. The van der Waals surface area contributed by atoms with E-state index < -0.39 is 11.7 Å². The van der Waals surface area contributed by atoms with Gasteiger partial charge in [0, 0.05) is 29.5 Å². The molecule has 0 radical (unpaired) electrons. The van der Waals surface area contributed by atoms with E-state index >= 15 is 0 Å². The van der Waals surface area contributed by atoms with Crippen molar-refractivity contribution in [1.82, 2.24) is 14.9 Å². The summed E-state index contributed by atoms with van der Waals surface area (Å²) < 4.78 is 41.9. The van der Waals surface area contributed by atoms with Crippen molar-refractivity contribution < 1.29 is 13.2 Å². The number of hydrogen-bond donors (Lipinski definition) is 1. The number of pyridine rings is 1. The van der Waals surface area contributed by atoms with Crippen molar-refractivity contribution in [2.75, 3.05) is 4.90 Å². The summed E-state index contributed by atoms with van der Waals surface area (Å²) in [5, 5.41) is 3.90. The van der Waals surface area contributed by atoms with Crippen LogP contribution in [0, 0.1) is 0 Å². The molecule has 1 aliphatic heterocycles. The fourth-order valence-electron chi connectivity index (χ4n) is 4.22. The summed E-state index contributed by atoms with van der Waals surface area (Å²) >= 11 is 5.71. The van der Waals surface area contributed by atoms with Crippen LogP contribution >= 0.6 is 12.2 Å². The van der Waals surface area contributed by atoms with Crippen molar-refractivity contribution in [3.05, 3.63) is 114 Å². The first kappa shape index (κ1) is 21.2. The highest BCUT2D eigenvalue weighted by molar-refractivity contribution is 7.80. The van der Waals surface area contributed by atoms with Crippen molar-refractivity contribution in [2.24, 2.45) is 0 Å². The first-order chi connectivity index (χ1) is 15.9. The summed E-state index contributed by atoms with van der Waals surface area (Å²) in [7, 11) is 0. The van der Waals surface area contributed by atoms with Gasteiger partial charge in [0.2, 0.25) is 0 Å². The maximum absolute atomic E-state index is 13.4. The molecule has 2 aromatic carbocycles. The van der Waals surface area contributed by atoms with E-state index in [1.165, 1.54) is 6.07 Å². The lowest BCUT2D eigenvalue weighted by molar-refractivity contribution is -0.137. The van der Waals surface area contributed by atoms with Gasteiger partial charge in [0.05, 0.1) is 17.3 Å². The number of aromatic nitrogens is 2. The predicted molar refractivity (Wildman–Crippen MR) is 125 cm³/mol. The Balaban J connectivity index is 1.66. The third-order valence-electron chi connectivity index (χ3n) is 5.67. The fraction of sp³-hybridized carbons (Fsp3) is 0.120. The maximum atomic E-state index is 13.4. The summed E-state index contributed by atoms with van der Waals surface area (Å²) in [5.74, 6) is 0.